The minimum absolute atomic E-state index is 0.0634. The lowest BCUT2D eigenvalue weighted by molar-refractivity contribution is -0.120. The molecule has 0 unspecified atom stereocenters. The van der Waals surface area contributed by atoms with Crippen molar-refractivity contribution in [2.75, 3.05) is 6.54 Å². The molecule has 2 heterocycles. The molecule has 0 bridgehead atoms. The highest BCUT2D eigenvalue weighted by Gasteiger charge is 2.18. The Labute approximate surface area is 161 Å². The number of nitrogens with zero attached hydrogens (tertiary/aromatic N) is 4. The molecule has 6 heteroatoms. The van der Waals surface area contributed by atoms with E-state index in [2.05, 4.69) is 20.4 Å². The van der Waals surface area contributed by atoms with E-state index in [9.17, 15) is 4.79 Å². The predicted octanol–water partition coefficient (Wildman–Crippen LogP) is 3.53. The molecule has 3 rings (SSSR count). The maximum absolute atomic E-state index is 12.4. The lowest BCUT2D eigenvalue weighted by atomic mass is 10.0. The van der Waals surface area contributed by atoms with Crippen LogP contribution in [-0.4, -0.2) is 32.2 Å². The summed E-state index contributed by atoms with van der Waals surface area (Å²) in [7, 11) is 0. The topological polar surface area (TPSA) is 72.7 Å². The van der Waals surface area contributed by atoms with E-state index in [4.69, 9.17) is 0 Å². The van der Waals surface area contributed by atoms with Crippen molar-refractivity contribution in [2.45, 2.75) is 72.6 Å². The number of carbonyl (C=O) groups is 1. The molecule has 0 spiro atoms. The number of aromatic nitrogens is 4. The highest BCUT2D eigenvalue weighted by atomic mass is 16.1. The van der Waals surface area contributed by atoms with Gasteiger partial charge in [-0.2, -0.15) is 5.10 Å². The third kappa shape index (κ3) is 4.93. The molecule has 2 aromatic rings. The van der Waals surface area contributed by atoms with Crippen LogP contribution in [0.2, 0.25) is 0 Å². The van der Waals surface area contributed by atoms with Gasteiger partial charge in [0.15, 0.2) is 0 Å². The fraction of sp³-hybridized carbons (Fsp3) is 0.619. The summed E-state index contributed by atoms with van der Waals surface area (Å²) in [5.74, 6) is 1.51. The Hall–Kier alpha value is -2.24. The Balaban J connectivity index is 1.59. The number of rotatable bonds is 7. The van der Waals surface area contributed by atoms with Crippen molar-refractivity contribution >= 4 is 5.91 Å². The average molecular weight is 370 g/mol. The van der Waals surface area contributed by atoms with Crippen LogP contribution < -0.4 is 5.32 Å². The number of aryl methyl sites for hydroxylation is 3. The normalized spacial score (nSPS) is 14.7. The molecule has 1 fully saturated rings. The second-order valence-corrected chi connectivity index (χ2v) is 7.83. The van der Waals surface area contributed by atoms with E-state index in [1.54, 1.807) is 4.68 Å². The molecule has 1 amide bonds. The van der Waals surface area contributed by atoms with E-state index in [0.29, 0.717) is 12.4 Å². The molecule has 0 saturated heterocycles. The van der Waals surface area contributed by atoms with Crippen molar-refractivity contribution in [3.05, 3.63) is 34.4 Å². The Morgan fingerprint density at radius 3 is 2.48 bits per heavy atom. The highest BCUT2D eigenvalue weighted by Crippen LogP contribution is 2.28. The van der Waals surface area contributed by atoms with Crippen molar-refractivity contribution in [1.29, 1.82) is 0 Å². The third-order valence-electron chi connectivity index (χ3n) is 5.52. The van der Waals surface area contributed by atoms with Gasteiger partial charge in [-0.15, -0.1) is 0 Å². The number of hydrogen-bond donors (Lipinski definition) is 1. The van der Waals surface area contributed by atoms with Gasteiger partial charge >= 0.3 is 0 Å². The van der Waals surface area contributed by atoms with Gasteiger partial charge in [-0.3, -0.25) is 4.79 Å². The SMILES string of the molecule is Cc1cc(C)nc(-n2nc(C)c(CC(=O)NCCCC3CCCC3)c2C)n1. The monoisotopic (exact) mass is 369 g/mol. The average Bonchev–Trinajstić information content (AvgIpc) is 3.21. The first-order chi connectivity index (χ1) is 12.9. The van der Waals surface area contributed by atoms with E-state index in [1.165, 1.54) is 32.1 Å². The zero-order valence-electron chi connectivity index (χ0n) is 17.0. The summed E-state index contributed by atoms with van der Waals surface area (Å²) in [5.41, 5.74) is 4.57. The third-order valence-corrected chi connectivity index (χ3v) is 5.52. The molecule has 2 aromatic heterocycles. The minimum Gasteiger partial charge on any atom is -0.356 e. The van der Waals surface area contributed by atoms with Crippen LogP contribution in [0.15, 0.2) is 6.07 Å². The first-order valence-corrected chi connectivity index (χ1v) is 10.1. The molecule has 0 aromatic carbocycles. The van der Waals surface area contributed by atoms with Crippen LogP contribution in [0.4, 0.5) is 0 Å². The molecule has 1 aliphatic carbocycles. The largest absolute Gasteiger partial charge is 0.356 e. The summed E-state index contributed by atoms with van der Waals surface area (Å²) in [5, 5.41) is 7.65. The van der Waals surface area contributed by atoms with E-state index < -0.39 is 0 Å². The maximum atomic E-state index is 12.4. The molecule has 1 saturated carbocycles. The van der Waals surface area contributed by atoms with Gasteiger partial charge in [0.1, 0.15) is 0 Å². The second kappa shape index (κ2) is 8.63. The quantitative estimate of drug-likeness (QED) is 0.758. The molecule has 1 N–H and O–H groups in total. The number of nitrogens with one attached hydrogen (secondary N) is 1. The predicted molar refractivity (Wildman–Crippen MR) is 106 cm³/mol. The van der Waals surface area contributed by atoms with E-state index in [0.717, 1.165) is 47.2 Å². The van der Waals surface area contributed by atoms with Gasteiger partial charge in [-0.25, -0.2) is 14.6 Å². The van der Waals surface area contributed by atoms with Crippen LogP contribution in [-0.2, 0) is 11.2 Å². The molecule has 1 aliphatic rings. The van der Waals surface area contributed by atoms with E-state index >= 15 is 0 Å². The van der Waals surface area contributed by atoms with Gasteiger partial charge < -0.3 is 5.32 Å². The van der Waals surface area contributed by atoms with Crippen molar-refractivity contribution in [3.8, 4) is 5.95 Å². The van der Waals surface area contributed by atoms with Crippen molar-refractivity contribution < 1.29 is 4.79 Å². The van der Waals surface area contributed by atoms with Gasteiger partial charge in [0.2, 0.25) is 5.91 Å². The van der Waals surface area contributed by atoms with Crippen LogP contribution in [0.3, 0.4) is 0 Å². The van der Waals surface area contributed by atoms with Crippen molar-refractivity contribution in [2.24, 2.45) is 5.92 Å². The van der Waals surface area contributed by atoms with Gasteiger partial charge in [-0.1, -0.05) is 25.7 Å². The zero-order valence-corrected chi connectivity index (χ0v) is 17.0. The Morgan fingerprint density at radius 1 is 1.15 bits per heavy atom. The van der Waals surface area contributed by atoms with Crippen LogP contribution in [0.1, 0.15) is 66.9 Å². The summed E-state index contributed by atoms with van der Waals surface area (Å²) >= 11 is 0. The van der Waals surface area contributed by atoms with Gasteiger partial charge in [-0.05, 0) is 52.5 Å². The second-order valence-electron chi connectivity index (χ2n) is 7.83. The highest BCUT2D eigenvalue weighted by molar-refractivity contribution is 5.79. The van der Waals surface area contributed by atoms with Crippen LogP contribution in [0, 0.1) is 33.6 Å². The molecule has 0 radical (unpaired) electrons. The number of amides is 1. The smallest absolute Gasteiger partial charge is 0.251 e. The van der Waals surface area contributed by atoms with E-state index in [-0.39, 0.29) is 5.91 Å². The fourth-order valence-electron chi connectivity index (χ4n) is 4.07. The summed E-state index contributed by atoms with van der Waals surface area (Å²) in [6, 6.07) is 1.94. The van der Waals surface area contributed by atoms with Gasteiger partial charge in [0, 0.05) is 29.2 Å². The molecule has 146 valence electrons. The van der Waals surface area contributed by atoms with E-state index in [1.807, 2.05) is 33.8 Å². The molecule has 6 nitrogen and oxygen atoms in total. The fourth-order valence-corrected chi connectivity index (χ4v) is 4.07. The maximum Gasteiger partial charge on any atom is 0.251 e. The van der Waals surface area contributed by atoms with Crippen LogP contribution >= 0.6 is 0 Å². The first-order valence-electron chi connectivity index (χ1n) is 10.1. The van der Waals surface area contributed by atoms with Crippen LogP contribution in [0.5, 0.6) is 0 Å². The van der Waals surface area contributed by atoms with Gasteiger partial charge in [0.25, 0.3) is 5.95 Å². The molecule has 0 atom stereocenters. The summed E-state index contributed by atoms with van der Waals surface area (Å²) in [6.07, 6.45) is 8.15. The molecule has 0 aliphatic heterocycles. The number of carbonyl (C=O) groups excluding carboxylic acids is 1. The summed E-state index contributed by atoms with van der Waals surface area (Å²) < 4.78 is 1.75. The molecular weight excluding hydrogens is 338 g/mol. The molecular formula is C21H31N5O. The van der Waals surface area contributed by atoms with Gasteiger partial charge in [0.05, 0.1) is 12.1 Å². The lowest BCUT2D eigenvalue weighted by Gasteiger charge is -2.09. The standard InChI is InChI=1S/C21H31N5O/c1-14-12-15(2)24-21(23-14)26-17(4)19(16(3)25-26)13-20(27)22-11-7-10-18-8-5-6-9-18/h12,18H,5-11,13H2,1-4H3,(H,22,27). The van der Waals surface area contributed by atoms with Crippen molar-refractivity contribution in [1.82, 2.24) is 25.1 Å². The first kappa shape index (κ1) is 19.5. The Bertz CT molecular complexity index is 785. The molecule has 27 heavy (non-hydrogen) atoms. The van der Waals surface area contributed by atoms with Crippen LogP contribution in [0.25, 0.3) is 5.95 Å². The number of hydrogen-bond acceptors (Lipinski definition) is 4. The lowest BCUT2D eigenvalue weighted by Crippen LogP contribution is -2.26. The zero-order chi connectivity index (χ0) is 19.4. The summed E-state index contributed by atoms with van der Waals surface area (Å²) in [6.45, 7) is 8.58. The van der Waals surface area contributed by atoms with Crippen molar-refractivity contribution in [3.63, 3.8) is 0 Å². The Kier molecular flexibility index (Phi) is 6.24. The minimum atomic E-state index is 0.0634. The Morgan fingerprint density at radius 2 is 1.81 bits per heavy atom. The summed E-state index contributed by atoms with van der Waals surface area (Å²) in [4.78, 5) is 21.4.